The summed E-state index contributed by atoms with van der Waals surface area (Å²) in [5.41, 5.74) is 6.95. The standard InChI is InChI=1S/C18H23N7O5/c1-4-30-18(26)23-14-9-13(16(25(28)29)17(19)22-14)21-10(2)15(24-27)11-5-7-12(20-3)8-6-11/h5-10,20,27H,4H2,1-3H3,(H4,19,21,22,23,26)/b24-15-. The Morgan fingerprint density at radius 1 is 1.40 bits per heavy atom. The number of oxime groups is 1. The van der Waals surface area contributed by atoms with E-state index in [1.165, 1.54) is 6.07 Å². The van der Waals surface area contributed by atoms with E-state index in [1.807, 2.05) is 0 Å². The molecular weight excluding hydrogens is 394 g/mol. The fourth-order valence-electron chi connectivity index (χ4n) is 2.70. The summed E-state index contributed by atoms with van der Waals surface area (Å²) in [6, 6.07) is 7.65. The Morgan fingerprint density at radius 3 is 2.60 bits per heavy atom. The zero-order valence-corrected chi connectivity index (χ0v) is 16.7. The van der Waals surface area contributed by atoms with Crippen LogP contribution < -0.4 is 21.7 Å². The van der Waals surface area contributed by atoms with Gasteiger partial charge in [-0.3, -0.25) is 15.4 Å². The molecular formula is C18H23N7O5. The van der Waals surface area contributed by atoms with E-state index in [-0.39, 0.29) is 23.8 Å². The number of amides is 1. The highest BCUT2D eigenvalue weighted by atomic mass is 16.6. The number of rotatable bonds is 8. The van der Waals surface area contributed by atoms with Crippen LogP contribution in [0.4, 0.5) is 33.5 Å². The highest BCUT2D eigenvalue weighted by Gasteiger charge is 2.25. The monoisotopic (exact) mass is 417 g/mol. The number of hydrogen-bond donors (Lipinski definition) is 5. The Balaban J connectivity index is 2.36. The zero-order valence-electron chi connectivity index (χ0n) is 16.7. The normalized spacial score (nSPS) is 12.0. The lowest BCUT2D eigenvalue weighted by Crippen LogP contribution is -2.28. The molecule has 0 radical (unpaired) electrons. The number of nitrogens with zero attached hydrogens (tertiary/aromatic N) is 3. The molecule has 2 aromatic rings. The quantitative estimate of drug-likeness (QED) is 0.187. The first-order chi connectivity index (χ1) is 14.3. The van der Waals surface area contributed by atoms with E-state index in [2.05, 4.69) is 26.1 Å². The first kappa shape index (κ1) is 22.2. The van der Waals surface area contributed by atoms with Crippen LogP contribution in [0.5, 0.6) is 0 Å². The van der Waals surface area contributed by atoms with Crippen molar-refractivity contribution in [3.63, 3.8) is 0 Å². The van der Waals surface area contributed by atoms with Gasteiger partial charge in [-0.15, -0.1) is 0 Å². The van der Waals surface area contributed by atoms with E-state index < -0.39 is 28.6 Å². The summed E-state index contributed by atoms with van der Waals surface area (Å²) in [7, 11) is 1.77. The predicted octanol–water partition coefficient (Wildman–Crippen LogP) is 2.86. The molecule has 2 rings (SSSR count). The lowest BCUT2D eigenvalue weighted by Gasteiger charge is -2.18. The van der Waals surface area contributed by atoms with Crippen LogP contribution >= 0.6 is 0 Å². The van der Waals surface area contributed by atoms with Crippen LogP contribution in [-0.2, 0) is 4.74 Å². The molecule has 0 saturated heterocycles. The van der Waals surface area contributed by atoms with E-state index >= 15 is 0 Å². The van der Waals surface area contributed by atoms with Crippen molar-refractivity contribution in [3.8, 4) is 0 Å². The van der Waals surface area contributed by atoms with Crippen molar-refractivity contribution in [2.75, 3.05) is 35.3 Å². The number of nitrogens with one attached hydrogen (secondary N) is 3. The van der Waals surface area contributed by atoms with Gasteiger partial charge in [0, 0.05) is 24.4 Å². The average molecular weight is 417 g/mol. The summed E-state index contributed by atoms with van der Waals surface area (Å²) in [6.07, 6.45) is -0.778. The van der Waals surface area contributed by atoms with Crippen LogP contribution in [0, 0.1) is 10.1 Å². The van der Waals surface area contributed by atoms with Crippen LogP contribution in [0.2, 0.25) is 0 Å². The number of benzene rings is 1. The van der Waals surface area contributed by atoms with Crippen molar-refractivity contribution in [1.82, 2.24) is 4.98 Å². The summed E-state index contributed by atoms with van der Waals surface area (Å²) in [5.74, 6) is -0.433. The van der Waals surface area contributed by atoms with Crippen molar-refractivity contribution in [1.29, 1.82) is 0 Å². The molecule has 12 nitrogen and oxygen atoms in total. The lowest BCUT2D eigenvalue weighted by molar-refractivity contribution is -0.383. The third-order valence-electron chi connectivity index (χ3n) is 4.07. The molecule has 1 amide bonds. The smallest absolute Gasteiger partial charge is 0.412 e. The van der Waals surface area contributed by atoms with Crippen molar-refractivity contribution in [2.45, 2.75) is 19.9 Å². The number of nitrogen functional groups attached to an aromatic ring is 1. The average Bonchev–Trinajstić information content (AvgIpc) is 2.68. The Hall–Kier alpha value is -4.09. The van der Waals surface area contributed by atoms with Crippen LogP contribution in [0.15, 0.2) is 35.5 Å². The molecule has 1 unspecified atom stereocenters. The molecule has 30 heavy (non-hydrogen) atoms. The lowest BCUT2D eigenvalue weighted by atomic mass is 10.0. The van der Waals surface area contributed by atoms with Crippen molar-refractivity contribution >= 4 is 40.5 Å². The summed E-state index contributed by atoms with van der Waals surface area (Å²) in [6.45, 7) is 3.42. The van der Waals surface area contributed by atoms with E-state index in [0.29, 0.717) is 5.56 Å². The molecule has 1 atom stereocenters. The van der Waals surface area contributed by atoms with Crippen LogP contribution in [0.25, 0.3) is 0 Å². The highest BCUT2D eigenvalue weighted by Crippen LogP contribution is 2.33. The van der Waals surface area contributed by atoms with Crippen molar-refractivity contribution in [2.24, 2.45) is 5.16 Å². The first-order valence-corrected chi connectivity index (χ1v) is 8.96. The van der Waals surface area contributed by atoms with Gasteiger partial charge in [-0.05, 0) is 26.0 Å². The molecule has 0 saturated carbocycles. The molecule has 6 N–H and O–H groups in total. The number of nitrogens with two attached hydrogens (primary N) is 1. The third kappa shape index (κ3) is 5.25. The maximum absolute atomic E-state index is 11.6. The number of aromatic nitrogens is 1. The minimum absolute atomic E-state index is 0.0141. The molecule has 0 aliphatic carbocycles. The van der Waals surface area contributed by atoms with Gasteiger partial charge in [-0.2, -0.15) is 0 Å². The number of carbonyl (C=O) groups excluding carboxylic acids is 1. The van der Waals surface area contributed by atoms with Gasteiger partial charge in [0.25, 0.3) is 0 Å². The van der Waals surface area contributed by atoms with Gasteiger partial charge in [0.2, 0.25) is 5.82 Å². The molecule has 0 fully saturated rings. The van der Waals surface area contributed by atoms with E-state index in [4.69, 9.17) is 10.5 Å². The molecule has 1 aromatic carbocycles. The highest BCUT2D eigenvalue weighted by molar-refractivity contribution is 6.05. The minimum atomic E-state index is -0.778. The van der Waals surface area contributed by atoms with Crippen molar-refractivity contribution < 1.29 is 19.7 Å². The Kier molecular flexibility index (Phi) is 7.33. The van der Waals surface area contributed by atoms with Gasteiger partial charge in [-0.1, -0.05) is 17.3 Å². The Morgan fingerprint density at radius 2 is 2.07 bits per heavy atom. The number of anilines is 4. The topological polar surface area (TPSA) is 177 Å². The maximum atomic E-state index is 11.6. The first-order valence-electron chi connectivity index (χ1n) is 8.96. The largest absolute Gasteiger partial charge is 0.450 e. The number of hydrogen-bond acceptors (Lipinski definition) is 10. The third-order valence-corrected chi connectivity index (χ3v) is 4.07. The van der Waals surface area contributed by atoms with Gasteiger partial charge in [-0.25, -0.2) is 9.78 Å². The van der Waals surface area contributed by atoms with Gasteiger partial charge < -0.3 is 26.3 Å². The molecule has 1 heterocycles. The molecule has 0 aliphatic rings. The van der Waals surface area contributed by atoms with Crippen LogP contribution in [0.1, 0.15) is 19.4 Å². The summed E-state index contributed by atoms with van der Waals surface area (Å²) in [4.78, 5) is 26.3. The van der Waals surface area contributed by atoms with Crippen LogP contribution in [-0.4, -0.2) is 46.6 Å². The van der Waals surface area contributed by atoms with E-state index in [9.17, 15) is 20.1 Å². The molecule has 0 aliphatic heterocycles. The fourth-order valence-corrected chi connectivity index (χ4v) is 2.70. The number of ether oxygens (including phenoxy) is 1. The maximum Gasteiger partial charge on any atom is 0.412 e. The Bertz CT molecular complexity index is 947. The second-order valence-corrected chi connectivity index (χ2v) is 6.07. The predicted molar refractivity (Wildman–Crippen MR) is 113 cm³/mol. The molecule has 0 bridgehead atoms. The number of pyridine rings is 1. The molecule has 1 aromatic heterocycles. The summed E-state index contributed by atoms with van der Waals surface area (Å²) in [5, 5.41) is 32.5. The minimum Gasteiger partial charge on any atom is -0.450 e. The molecule has 160 valence electrons. The fraction of sp³-hybridized carbons (Fsp3) is 0.278. The van der Waals surface area contributed by atoms with Gasteiger partial charge in [0.1, 0.15) is 17.2 Å². The SMILES string of the molecule is CCOC(=O)Nc1cc(NC(C)/C(=N/O)c2ccc(NC)cc2)c([N+](=O)[O-])c(N)n1. The Labute approximate surface area is 172 Å². The van der Waals surface area contributed by atoms with Gasteiger partial charge in [0.15, 0.2) is 0 Å². The van der Waals surface area contributed by atoms with Crippen molar-refractivity contribution in [3.05, 3.63) is 46.0 Å². The van der Waals surface area contributed by atoms with Crippen LogP contribution in [0.3, 0.4) is 0 Å². The molecule has 12 heteroatoms. The summed E-state index contributed by atoms with van der Waals surface area (Å²) < 4.78 is 4.77. The second-order valence-electron chi connectivity index (χ2n) is 6.07. The zero-order chi connectivity index (χ0) is 22.3. The number of nitro groups is 1. The number of carbonyl (C=O) groups is 1. The van der Waals surface area contributed by atoms with Gasteiger partial charge in [0.05, 0.1) is 17.6 Å². The van der Waals surface area contributed by atoms with Gasteiger partial charge >= 0.3 is 11.8 Å². The van der Waals surface area contributed by atoms with E-state index in [1.54, 1.807) is 45.2 Å². The second kappa shape index (κ2) is 9.91. The van der Waals surface area contributed by atoms with E-state index in [0.717, 1.165) is 5.69 Å². The molecule has 0 spiro atoms. The summed E-state index contributed by atoms with van der Waals surface area (Å²) >= 11 is 0.